The Labute approximate surface area is 159 Å². The zero-order valence-corrected chi connectivity index (χ0v) is 15.7. The summed E-state index contributed by atoms with van der Waals surface area (Å²) in [6.45, 7) is 5.15. The normalized spacial score (nSPS) is 14.8. The summed E-state index contributed by atoms with van der Waals surface area (Å²) in [5, 5.41) is 2.99. The number of hydrogen-bond donors (Lipinski definition) is 1. The Bertz CT molecular complexity index is 743. The third-order valence-corrected chi connectivity index (χ3v) is 4.81. The summed E-state index contributed by atoms with van der Waals surface area (Å²) in [6, 6.07) is 14.2. The second-order valence-corrected chi connectivity index (χ2v) is 6.68. The molecule has 6 heteroatoms. The van der Waals surface area contributed by atoms with Crippen molar-refractivity contribution in [3.8, 4) is 5.75 Å². The number of amides is 1. The van der Waals surface area contributed by atoms with Gasteiger partial charge in [-0.15, -0.1) is 0 Å². The number of carbonyl (C=O) groups excluding carboxylic acids is 1. The average molecular weight is 371 g/mol. The van der Waals surface area contributed by atoms with Crippen LogP contribution in [0.5, 0.6) is 5.75 Å². The van der Waals surface area contributed by atoms with Crippen LogP contribution in [0, 0.1) is 5.82 Å². The minimum Gasteiger partial charge on any atom is -0.497 e. The molecule has 2 aromatic carbocycles. The zero-order valence-electron chi connectivity index (χ0n) is 15.7. The van der Waals surface area contributed by atoms with Crippen molar-refractivity contribution >= 4 is 11.6 Å². The van der Waals surface area contributed by atoms with Crippen LogP contribution in [0.25, 0.3) is 0 Å². The van der Waals surface area contributed by atoms with Crippen molar-refractivity contribution in [2.45, 2.75) is 6.42 Å². The minimum atomic E-state index is -0.206. The lowest BCUT2D eigenvalue weighted by Crippen LogP contribution is -2.48. The standard InChI is InChI=1S/C21H26FN3O2/c1-27-20-4-2-3-17(15-20)16-21(26)23-9-10-24-11-13-25(14-12-24)19-7-5-18(22)6-8-19/h2-8,15H,9-14,16H2,1H3,(H,23,26). The fourth-order valence-electron chi connectivity index (χ4n) is 3.27. The van der Waals surface area contributed by atoms with Crippen LogP contribution in [0.1, 0.15) is 5.56 Å². The van der Waals surface area contributed by atoms with E-state index in [4.69, 9.17) is 4.74 Å². The maximum atomic E-state index is 13.0. The third-order valence-electron chi connectivity index (χ3n) is 4.81. The van der Waals surface area contributed by atoms with Crippen molar-refractivity contribution < 1.29 is 13.9 Å². The zero-order chi connectivity index (χ0) is 19.1. The van der Waals surface area contributed by atoms with Gasteiger partial charge in [-0.1, -0.05) is 12.1 Å². The Hall–Kier alpha value is -2.60. The fraction of sp³-hybridized carbons (Fsp3) is 0.381. The van der Waals surface area contributed by atoms with Gasteiger partial charge in [-0.25, -0.2) is 4.39 Å². The van der Waals surface area contributed by atoms with Crippen LogP contribution in [0.15, 0.2) is 48.5 Å². The molecule has 1 saturated heterocycles. The van der Waals surface area contributed by atoms with Crippen LogP contribution < -0.4 is 15.0 Å². The molecule has 1 aliphatic heterocycles. The third kappa shape index (κ3) is 5.69. The SMILES string of the molecule is COc1cccc(CC(=O)NCCN2CCN(c3ccc(F)cc3)CC2)c1. The van der Waals surface area contributed by atoms with E-state index in [0.29, 0.717) is 13.0 Å². The van der Waals surface area contributed by atoms with Crippen LogP contribution in [0.3, 0.4) is 0 Å². The first kappa shape index (κ1) is 19.2. The first-order chi connectivity index (χ1) is 13.1. The van der Waals surface area contributed by atoms with E-state index in [-0.39, 0.29) is 11.7 Å². The smallest absolute Gasteiger partial charge is 0.224 e. The van der Waals surface area contributed by atoms with E-state index in [9.17, 15) is 9.18 Å². The van der Waals surface area contributed by atoms with Crippen molar-refractivity contribution in [3.63, 3.8) is 0 Å². The molecule has 27 heavy (non-hydrogen) atoms. The lowest BCUT2D eigenvalue weighted by Gasteiger charge is -2.36. The van der Waals surface area contributed by atoms with E-state index in [2.05, 4.69) is 15.1 Å². The first-order valence-corrected chi connectivity index (χ1v) is 9.26. The molecule has 1 fully saturated rings. The van der Waals surface area contributed by atoms with Crippen LogP contribution >= 0.6 is 0 Å². The van der Waals surface area contributed by atoms with Gasteiger partial charge >= 0.3 is 0 Å². The molecule has 0 aromatic heterocycles. The van der Waals surface area contributed by atoms with E-state index in [1.165, 1.54) is 12.1 Å². The number of nitrogens with zero attached hydrogens (tertiary/aromatic N) is 2. The summed E-state index contributed by atoms with van der Waals surface area (Å²) in [7, 11) is 1.62. The van der Waals surface area contributed by atoms with Crippen molar-refractivity contribution in [2.75, 3.05) is 51.3 Å². The quantitative estimate of drug-likeness (QED) is 0.811. The van der Waals surface area contributed by atoms with Gasteiger partial charge in [0.1, 0.15) is 11.6 Å². The second kappa shape index (κ2) is 9.37. The number of piperazine rings is 1. The van der Waals surface area contributed by atoms with Crippen LogP contribution in [0.4, 0.5) is 10.1 Å². The molecule has 1 amide bonds. The highest BCUT2D eigenvalue weighted by Crippen LogP contribution is 2.16. The molecule has 0 atom stereocenters. The first-order valence-electron chi connectivity index (χ1n) is 9.26. The van der Waals surface area contributed by atoms with Gasteiger partial charge < -0.3 is 15.0 Å². The molecular weight excluding hydrogens is 345 g/mol. The largest absolute Gasteiger partial charge is 0.497 e. The predicted octanol–water partition coefficient (Wildman–Crippen LogP) is 2.32. The fourth-order valence-corrected chi connectivity index (χ4v) is 3.27. The van der Waals surface area contributed by atoms with Gasteiger partial charge in [-0.3, -0.25) is 9.69 Å². The number of carbonyl (C=O) groups is 1. The summed E-state index contributed by atoms with van der Waals surface area (Å²) in [5.74, 6) is 0.578. The summed E-state index contributed by atoms with van der Waals surface area (Å²) in [5.41, 5.74) is 2.00. The summed E-state index contributed by atoms with van der Waals surface area (Å²) >= 11 is 0. The lowest BCUT2D eigenvalue weighted by atomic mass is 10.1. The predicted molar refractivity (Wildman–Crippen MR) is 105 cm³/mol. The van der Waals surface area contributed by atoms with Crippen molar-refractivity contribution in [1.29, 1.82) is 0 Å². The molecule has 0 unspecified atom stereocenters. The molecular formula is C21H26FN3O2. The number of anilines is 1. The van der Waals surface area contributed by atoms with Gasteiger partial charge in [0.15, 0.2) is 0 Å². The Balaban J connectivity index is 1.36. The molecule has 0 bridgehead atoms. The molecule has 1 aliphatic rings. The number of benzene rings is 2. The molecule has 1 N–H and O–H groups in total. The maximum Gasteiger partial charge on any atom is 0.224 e. The monoisotopic (exact) mass is 371 g/mol. The second-order valence-electron chi connectivity index (χ2n) is 6.68. The highest BCUT2D eigenvalue weighted by Gasteiger charge is 2.17. The summed E-state index contributed by atoms with van der Waals surface area (Å²) in [6.07, 6.45) is 0.357. The van der Waals surface area contributed by atoms with E-state index < -0.39 is 0 Å². The highest BCUT2D eigenvalue weighted by atomic mass is 19.1. The number of halogens is 1. The maximum absolute atomic E-state index is 13.0. The molecule has 0 saturated carbocycles. The van der Waals surface area contributed by atoms with Gasteiger partial charge in [0, 0.05) is 45.0 Å². The van der Waals surface area contributed by atoms with Gasteiger partial charge in [0.25, 0.3) is 0 Å². The molecule has 3 rings (SSSR count). The number of methoxy groups -OCH3 is 1. The number of ether oxygens (including phenoxy) is 1. The van der Waals surface area contributed by atoms with Gasteiger partial charge in [0.2, 0.25) is 5.91 Å². The molecule has 0 radical (unpaired) electrons. The van der Waals surface area contributed by atoms with Crippen molar-refractivity contribution in [1.82, 2.24) is 10.2 Å². The van der Waals surface area contributed by atoms with Crippen molar-refractivity contribution in [2.24, 2.45) is 0 Å². The van der Waals surface area contributed by atoms with Crippen LogP contribution in [0.2, 0.25) is 0 Å². The van der Waals surface area contributed by atoms with E-state index >= 15 is 0 Å². The summed E-state index contributed by atoms with van der Waals surface area (Å²) in [4.78, 5) is 16.7. The molecule has 5 nitrogen and oxygen atoms in total. The lowest BCUT2D eigenvalue weighted by molar-refractivity contribution is -0.120. The minimum absolute atomic E-state index is 0.0215. The number of hydrogen-bond acceptors (Lipinski definition) is 4. The van der Waals surface area contributed by atoms with Gasteiger partial charge in [-0.05, 0) is 42.0 Å². The van der Waals surface area contributed by atoms with Gasteiger partial charge in [0.05, 0.1) is 13.5 Å². The summed E-state index contributed by atoms with van der Waals surface area (Å²) < 4.78 is 18.2. The van der Waals surface area contributed by atoms with Gasteiger partial charge in [-0.2, -0.15) is 0 Å². The Morgan fingerprint density at radius 1 is 1.11 bits per heavy atom. The van der Waals surface area contributed by atoms with E-state index in [1.807, 2.05) is 36.4 Å². The number of nitrogens with one attached hydrogen (secondary N) is 1. The Morgan fingerprint density at radius 3 is 2.56 bits per heavy atom. The molecule has 0 aliphatic carbocycles. The van der Waals surface area contributed by atoms with Crippen molar-refractivity contribution in [3.05, 3.63) is 59.9 Å². The number of rotatable bonds is 7. The van der Waals surface area contributed by atoms with E-state index in [0.717, 1.165) is 49.7 Å². The molecule has 1 heterocycles. The molecule has 144 valence electrons. The Morgan fingerprint density at radius 2 is 1.85 bits per heavy atom. The Kier molecular flexibility index (Phi) is 6.65. The van der Waals surface area contributed by atoms with E-state index in [1.54, 1.807) is 7.11 Å². The molecule has 2 aromatic rings. The van der Waals surface area contributed by atoms with Crippen LogP contribution in [-0.2, 0) is 11.2 Å². The molecule has 0 spiro atoms. The van der Waals surface area contributed by atoms with Crippen LogP contribution in [-0.4, -0.2) is 57.2 Å². The topological polar surface area (TPSA) is 44.8 Å². The average Bonchev–Trinajstić information content (AvgIpc) is 2.69. The highest BCUT2D eigenvalue weighted by molar-refractivity contribution is 5.78.